The molecule has 0 bridgehead atoms. The van der Waals surface area contributed by atoms with Crippen LogP contribution < -0.4 is 5.32 Å². The summed E-state index contributed by atoms with van der Waals surface area (Å²) in [6.07, 6.45) is 1.78. The van der Waals surface area contributed by atoms with Gasteiger partial charge in [0.1, 0.15) is 5.82 Å². The van der Waals surface area contributed by atoms with Crippen LogP contribution in [0.2, 0.25) is 0 Å². The minimum Gasteiger partial charge on any atom is -0.363 e. The molecule has 1 atom stereocenters. The highest BCUT2D eigenvalue weighted by Crippen LogP contribution is 2.26. The van der Waals surface area contributed by atoms with E-state index in [0.717, 1.165) is 22.4 Å². The van der Waals surface area contributed by atoms with Crippen molar-refractivity contribution in [2.45, 2.75) is 13.0 Å². The Morgan fingerprint density at radius 1 is 0.955 bits per heavy atom. The van der Waals surface area contributed by atoms with Crippen molar-refractivity contribution >= 4 is 22.4 Å². The molecular formula is C18H16N4. The molecule has 0 radical (unpaired) electrons. The standard InChI is InChI=1S/C18H16N4/c1-13(14-7-3-2-4-8-14)20-18-15-9-5-6-10-16(15)22-17(21-18)11-12-19-22/h2-13H,1H3,(H,20,21). The molecule has 2 heterocycles. The van der Waals surface area contributed by atoms with Crippen LogP contribution in [0.25, 0.3) is 16.6 Å². The maximum Gasteiger partial charge on any atom is 0.158 e. The van der Waals surface area contributed by atoms with Crippen molar-refractivity contribution in [3.8, 4) is 0 Å². The van der Waals surface area contributed by atoms with Crippen molar-refractivity contribution in [3.63, 3.8) is 0 Å². The molecule has 0 aliphatic rings. The molecule has 4 nitrogen and oxygen atoms in total. The van der Waals surface area contributed by atoms with Crippen LogP contribution in [0, 0.1) is 0 Å². The number of nitrogens with zero attached hydrogens (tertiary/aromatic N) is 3. The number of anilines is 1. The van der Waals surface area contributed by atoms with Crippen molar-refractivity contribution in [1.82, 2.24) is 14.6 Å². The van der Waals surface area contributed by atoms with Gasteiger partial charge in [0, 0.05) is 17.5 Å². The molecule has 4 rings (SSSR count). The second-order valence-electron chi connectivity index (χ2n) is 5.36. The van der Waals surface area contributed by atoms with E-state index in [1.807, 2.05) is 28.8 Å². The fourth-order valence-corrected chi connectivity index (χ4v) is 2.74. The van der Waals surface area contributed by atoms with Crippen LogP contribution in [0.3, 0.4) is 0 Å². The third-order valence-corrected chi connectivity index (χ3v) is 3.89. The summed E-state index contributed by atoms with van der Waals surface area (Å²) >= 11 is 0. The van der Waals surface area contributed by atoms with Crippen LogP contribution in [0.1, 0.15) is 18.5 Å². The molecule has 4 aromatic rings. The van der Waals surface area contributed by atoms with E-state index >= 15 is 0 Å². The molecule has 1 N–H and O–H groups in total. The number of aromatic nitrogens is 3. The van der Waals surface area contributed by atoms with Crippen molar-refractivity contribution in [2.24, 2.45) is 0 Å². The van der Waals surface area contributed by atoms with Crippen molar-refractivity contribution in [2.75, 3.05) is 5.32 Å². The Hall–Kier alpha value is -2.88. The van der Waals surface area contributed by atoms with Gasteiger partial charge < -0.3 is 5.32 Å². The van der Waals surface area contributed by atoms with E-state index < -0.39 is 0 Å². The first-order chi connectivity index (χ1) is 10.8. The zero-order valence-corrected chi connectivity index (χ0v) is 12.3. The molecule has 0 aliphatic carbocycles. The molecule has 4 heteroatoms. The summed E-state index contributed by atoms with van der Waals surface area (Å²) in [5.74, 6) is 0.889. The maximum atomic E-state index is 4.72. The summed E-state index contributed by atoms with van der Waals surface area (Å²) in [4.78, 5) is 4.72. The molecule has 0 saturated heterocycles. The first-order valence-corrected chi connectivity index (χ1v) is 7.37. The third kappa shape index (κ3) is 2.09. The Kier molecular flexibility index (Phi) is 3.00. The van der Waals surface area contributed by atoms with Gasteiger partial charge in [-0.3, -0.25) is 0 Å². The van der Waals surface area contributed by atoms with Gasteiger partial charge in [-0.05, 0) is 24.6 Å². The van der Waals surface area contributed by atoms with Crippen LogP contribution in [0.15, 0.2) is 66.9 Å². The van der Waals surface area contributed by atoms with Gasteiger partial charge in [0.25, 0.3) is 0 Å². The summed E-state index contributed by atoms with van der Waals surface area (Å²) in [7, 11) is 0. The highest BCUT2D eigenvalue weighted by molar-refractivity contribution is 5.91. The van der Waals surface area contributed by atoms with Gasteiger partial charge in [0.05, 0.1) is 11.7 Å². The van der Waals surface area contributed by atoms with Gasteiger partial charge in [0.15, 0.2) is 5.65 Å². The predicted octanol–water partition coefficient (Wildman–Crippen LogP) is 4.06. The Bertz CT molecular complexity index is 928. The van der Waals surface area contributed by atoms with Gasteiger partial charge in [0.2, 0.25) is 0 Å². The maximum absolute atomic E-state index is 4.72. The summed E-state index contributed by atoms with van der Waals surface area (Å²) in [6.45, 7) is 2.15. The lowest BCUT2D eigenvalue weighted by Gasteiger charge is -2.17. The smallest absolute Gasteiger partial charge is 0.158 e. The highest BCUT2D eigenvalue weighted by Gasteiger charge is 2.11. The zero-order valence-electron chi connectivity index (χ0n) is 12.3. The van der Waals surface area contributed by atoms with Crippen LogP contribution >= 0.6 is 0 Å². The lowest BCUT2D eigenvalue weighted by molar-refractivity contribution is 0.875. The molecule has 0 amide bonds. The number of rotatable bonds is 3. The second-order valence-corrected chi connectivity index (χ2v) is 5.36. The van der Waals surface area contributed by atoms with Crippen molar-refractivity contribution in [1.29, 1.82) is 0 Å². The van der Waals surface area contributed by atoms with E-state index in [-0.39, 0.29) is 6.04 Å². The molecule has 108 valence electrons. The second kappa shape index (κ2) is 5.15. The molecule has 2 aromatic carbocycles. The molecule has 0 fully saturated rings. The Labute approximate surface area is 128 Å². The van der Waals surface area contributed by atoms with Gasteiger partial charge >= 0.3 is 0 Å². The largest absolute Gasteiger partial charge is 0.363 e. The van der Waals surface area contributed by atoms with Crippen LogP contribution in [0.5, 0.6) is 0 Å². The van der Waals surface area contributed by atoms with Gasteiger partial charge in [-0.25, -0.2) is 9.50 Å². The number of hydrogen-bond donors (Lipinski definition) is 1. The summed E-state index contributed by atoms with van der Waals surface area (Å²) in [5.41, 5.74) is 3.14. The molecule has 0 saturated carbocycles. The van der Waals surface area contributed by atoms with E-state index in [2.05, 4.69) is 53.7 Å². The van der Waals surface area contributed by atoms with Crippen molar-refractivity contribution < 1.29 is 0 Å². The van der Waals surface area contributed by atoms with Crippen LogP contribution in [-0.2, 0) is 0 Å². The molecule has 0 spiro atoms. The number of para-hydroxylation sites is 1. The quantitative estimate of drug-likeness (QED) is 0.618. The summed E-state index contributed by atoms with van der Waals surface area (Å²) < 4.78 is 1.87. The van der Waals surface area contributed by atoms with Gasteiger partial charge in [-0.1, -0.05) is 42.5 Å². The number of hydrogen-bond acceptors (Lipinski definition) is 3. The topological polar surface area (TPSA) is 42.2 Å². The monoisotopic (exact) mass is 288 g/mol. The van der Waals surface area contributed by atoms with E-state index in [1.54, 1.807) is 6.20 Å². The minimum absolute atomic E-state index is 0.183. The lowest BCUT2D eigenvalue weighted by Crippen LogP contribution is -2.09. The minimum atomic E-state index is 0.183. The fourth-order valence-electron chi connectivity index (χ4n) is 2.74. The van der Waals surface area contributed by atoms with E-state index in [9.17, 15) is 0 Å². The van der Waals surface area contributed by atoms with Crippen LogP contribution in [-0.4, -0.2) is 14.6 Å². The Balaban J connectivity index is 1.83. The van der Waals surface area contributed by atoms with E-state index in [0.29, 0.717) is 0 Å². The summed E-state index contributed by atoms with van der Waals surface area (Å²) in [5, 5.41) is 8.95. The Morgan fingerprint density at radius 2 is 1.73 bits per heavy atom. The average molecular weight is 288 g/mol. The van der Waals surface area contributed by atoms with E-state index in [4.69, 9.17) is 4.98 Å². The first-order valence-electron chi connectivity index (χ1n) is 7.37. The number of nitrogens with one attached hydrogen (secondary N) is 1. The molecule has 1 unspecified atom stereocenters. The number of fused-ring (bicyclic) bond motifs is 3. The molecule has 2 aromatic heterocycles. The lowest BCUT2D eigenvalue weighted by atomic mass is 10.1. The number of benzene rings is 2. The highest BCUT2D eigenvalue weighted by atomic mass is 15.3. The molecule has 22 heavy (non-hydrogen) atoms. The van der Waals surface area contributed by atoms with Gasteiger partial charge in [-0.15, -0.1) is 0 Å². The average Bonchev–Trinajstić information content (AvgIpc) is 3.04. The first kappa shape index (κ1) is 12.8. The third-order valence-electron chi connectivity index (χ3n) is 3.89. The predicted molar refractivity (Wildman–Crippen MR) is 89.0 cm³/mol. The molecular weight excluding hydrogens is 272 g/mol. The van der Waals surface area contributed by atoms with Crippen molar-refractivity contribution in [3.05, 3.63) is 72.4 Å². The van der Waals surface area contributed by atoms with Crippen LogP contribution in [0.4, 0.5) is 5.82 Å². The molecule has 0 aliphatic heterocycles. The van der Waals surface area contributed by atoms with E-state index in [1.165, 1.54) is 5.56 Å². The van der Waals surface area contributed by atoms with Gasteiger partial charge in [-0.2, -0.15) is 5.10 Å². The SMILES string of the molecule is CC(Nc1nc2ccnn2c2ccccc12)c1ccccc1. The Morgan fingerprint density at radius 3 is 2.59 bits per heavy atom. The zero-order chi connectivity index (χ0) is 14.9. The summed E-state index contributed by atoms with van der Waals surface area (Å²) in [6, 6.07) is 20.7. The fraction of sp³-hybridized carbons (Fsp3) is 0.111. The normalized spacial score (nSPS) is 12.6.